The van der Waals surface area contributed by atoms with Crippen LogP contribution >= 0.6 is 11.3 Å². The van der Waals surface area contributed by atoms with Gasteiger partial charge in [0.1, 0.15) is 10.6 Å². The summed E-state index contributed by atoms with van der Waals surface area (Å²) < 4.78 is 70.5. The van der Waals surface area contributed by atoms with Gasteiger partial charge in [-0.1, -0.05) is 6.07 Å². The zero-order chi connectivity index (χ0) is 22.0. The van der Waals surface area contributed by atoms with Crippen LogP contribution in [0.2, 0.25) is 0 Å². The highest BCUT2D eigenvalue weighted by Crippen LogP contribution is 2.30. The number of ketones is 2. The summed E-state index contributed by atoms with van der Waals surface area (Å²) in [6, 6.07) is 1.63. The molecule has 0 aliphatic carbocycles. The molecule has 1 aromatic heterocycles. The average Bonchev–Trinajstić information content (AvgIpc) is 3.14. The van der Waals surface area contributed by atoms with Gasteiger partial charge in [-0.2, -0.15) is 31.8 Å². The van der Waals surface area contributed by atoms with Gasteiger partial charge in [-0.3, -0.25) is 24.3 Å². The summed E-state index contributed by atoms with van der Waals surface area (Å²) in [6.07, 6.45) is -5.45. The van der Waals surface area contributed by atoms with Gasteiger partial charge in [0, 0.05) is 12.1 Å². The van der Waals surface area contributed by atoms with Crippen LogP contribution in [0.1, 0.15) is 9.67 Å². The summed E-state index contributed by atoms with van der Waals surface area (Å²) in [5.74, 6) is -3.88. The lowest BCUT2D eigenvalue weighted by molar-refractivity contribution is -0.385. The SMILES string of the molecule is O=C(c1cccs1)C(N=Nc1ccc([N+](=O)[O-])cc1S(=O)(=O)O)C(=O)C(F)(F)F. The molecule has 29 heavy (non-hydrogen) atoms. The number of azo groups is 1. The van der Waals surface area contributed by atoms with E-state index < -0.39 is 55.1 Å². The summed E-state index contributed by atoms with van der Waals surface area (Å²) >= 11 is 0.740. The molecule has 1 unspecified atom stereocenters. The van der Waals surface area contributed by atoms with Crippen molar-refractivity contribution in [3.05, 3.63) is 50.7 Å². The highest BCUT2D eigenvalue weighted by Gasteiger charge is 2.47. The molecule has 1 heterocycles. The number of nitrogens with zero attached hydrogens (tertiary/aromatic N) is 3. The first-order valence-electron chi connectivity index (χ1n) is 7.18. The van der Waals surface area contributed by atoms with Crippen LogP contribution < -0.4 is 0 Å². The van der Waals surface area contributed by atoms with Gasteiger partial charge in [0.05, 0.1) is 9.80 Å². The molecule has 0 aliphatic heterocycles. The highest BCUT2D eigenvalue weighted by molar-refractivity contribution is 7.86. The zero-order valence-corrected chi connectivity index (χ0v) is 15.4. The molecule has 10 nitrogen and oxygen atoms in total. The molecule has 2 rings (SSSR count). The third kappa shape index (κ3) is 5.27. The van der Waals surface area contributed by atoms with Crippen molar-refractivity contribution in [3.8, 4) is 0 Å². The van der Waals surface area contributed by atoms with E-state index in [-0.39, 0.29) is 4.88 Å². The van der Waals surface area contributed by atoms with Gasteiger partial charge in [0.15, 0.2) is 0 Å². The summed E-state index contributed by atoms with van der Waals surface area (Å²) in [5, 5.41) is 18.3. The monoisotopic (exact) mass is 451 g/mol. The molecule has 0 saturated heterocycles. The second kappa shape index (κ2) is 8.14. The van der Waals surface area contributed by atoms with E-state index in [4.69, 9.17) is 0 Å². The Labute approximate surface area is 163 Å². The third-order valence-electron chi connectivity index (χ3n) is 3.25. The van der Waals surface area contributed by atoms with Gasteiger partial charge < -0.3 is 0 Å². The van der Waals surface area contributed by atoms with Crippen molar-refractivity contribution >= 4 is 44.4 Å². The third-order valence-corrected chi connectivity index (χ3v) is 5.02. The quantitative estimate of drug-likeness (QED) is 0.169. The number of Topliss-reactive ketones (excluding diaryl/α,β-unsaturated/α-hetero) is 2. The summed E-state index contributed by atoms with van der Waals surface area (Å²) in [4.78, 5) is 32.2. The summed E-state index contributed by atoms with van der Waals surface area (Å²) in [5.41, 5.74) is -1.58. The van der Waals surface area contributed by atoms with E-state index in [0.717, 1.165) is 23.5 Å². The van der Waals surface area contributed by atoms with Gasteiger partial charge in [-0.05, 0) is 17.5 Å². The van der Waals surface area contributed by atoms with Gasteiger partial charge in [0.25, 0.3) is 21.6 Å². The Balaban J connectivity index is 2.55. The maximum atomic E-state index is 12.8. The maximum Gasteiger partial charge on any atom is 0.452 e. The maximum absolute atomic E-state index is 12.8. The molecular weight excluding hydrogens is 443 g/mol. The fraction of sp³-hybridized carbons (Fsp3) is 0.143. The average molecular weight is 451 g/mol. The van der Waals surface area contributed by atoms with Crippen LogP contribution in [-0.2, 0) is 14.9 Å². The van der Waals surface area contributed by atoms with E-state index in [1.165, 1.54) is 11.4 Å². The number of alkyl halides is 3. The summed E-state index contributed by atoms with van der Waals surface area (Å²) in [6.45, 7) is 0. The highest BCUT2D eigenvalue weighted by atomic mass is 32.2. The van der Waals surface area contributed by atoms with Gasteiger partial charge in [-0.15, -0.1) is 11.3 Å². The Hall–Kier alpha value is -3.04. The van der Waals surface area contributed by atoms with Gasteiger partial charge in [0.2, 0.25) is 11.8 Å². The number of thiophene rings is 1. The van der Waals surface area contributed by atoms with Crippen molar-refractivity contribution in [1.29, 1.82) is 0 Å². The standard InChI is InChI=1S/C14H8F3N3O7S2/c15-14(16,17)13(22)11(12(21)9-2-1-5-28-9)19-18-8-4-3-7(20(23)24)6-10(8)29(25,26)27/h1-6,11H,(H,25,26,27). The number of carbonyl (C=O) groups is 2. The minimum Gasteiger partial charge on any atom is -0.290 e. The molecule has 0 saturated carbocycles. The molecule has 1 N–H and O–H groups in total. The number of benzene rings is 1. The second-order valence-electron chi connectivity index (χ2n) is 5.21. The van der Waals surface area contributed by atoms with Crippen molar-refractivity contribution < 1.29 is 40.7 Å². The molecule has 0 aliphatic rings. The molecule has 0 amide bonds. The number of nitro benzene ring substituents is 1. The largest absolute Gasteiger partial charge is 0.452 e. The van der Waals surface area contributed by atoms with Crippen LogP contribution in [-0.4, -0.2) is 41.7 Å². The molecular formula is C14H8F3N3O7S2. The molecule has 0 fully saturated rings. The lowest BCUT2D eigenvalue weighted by atomic mass is 10.1. The van der Waals surface area contributed by atoms with Crippen LogP contribution in [0.25, 0.3) is 0 Å². The van der Waals surface area contributed by atoms with Crippen molar-refractivity contribution in [3.63, 3.8) is 0 Å². The van der Waals surface area contributed by atoms with Gasteiger partial charge in [-0.25, -0.2) is 0 Å². The first-order chi connectivity index (χ1) is 13.3. The lowest BCUT2D eigenvalue weighted by Crippen LogP contribution is -2.38. The van der Waals surface area contributed by atoms with E-state index in [9.17, 15) is 45.8 Å². The minimum absolute atomic E-state index is 0.231. The predicted molar refractivity (Wildman–Crippen MR) is 90.9 cm³/mol. The first kappa shape index (κ1) is 22.3. The minimum atomic E-state index is -5.45. The van der Waals surface area contributed by atoms with Crippen LogP contribution in [0, 0.1) is 10.1 Å². The number of non-ortho nitro benzene ring substituents is 1. The molecule has 2 aromatic rings. The normalized spacial score (nSPS) is 13.4. The smallest absolute Gasteiger partial charge is 0.290 e. The van der Waals surface area contributed by atoms with Crippen molar-refractivity contribution in [2.24, 2.45) is 10.2 Å². The Kier molecular flexibility index (Phi) is 6.24. The number of halogens is 3. The zero-order valence-electron chi connectivity index (χ0n) is 13.7. The van der Waals surface area contributed by atoms with E-state index in [2.05, 4.69) is 10.2 Å². The molecule has 1 aromatic carbocycles. The van der Waals surface area contributed by atoms with Crippen LogP contribution in [0.15, 0.2) is 50.8 Å². The Morgan fingerprint density at radius 3 is 2.38 bits per heavy atom. The number of nitro groups is 1. The van der Waals surface area contributed by atoms with Crippen LogP contribution in [0.4, 0.5) is 24.5 Å². The van der Waals surface area contributed by atoms with E-state index >= 15 is 0 Å². The first-order valence-corrected chi connectivity index (χ1v) is 9.50. The fourth-order valence-electron chi connectivity index (χ4n) is 1.96. The molecule has 0 bridgehead atoms. The van der Waals surface area contributed by atoms with E-state index in [1.54, 1.807) is 0 Å². The van der Waals surface area contributed by atoms with Crippen molar-refractivity contribution in [1.82, 2.24) is 0 Å². The summed E-state index contributed by atoms with van der Waals surface area (Å²) in [7, 11) is -5.10. The Morgan fingerprint density at radius 2 is 1.90 bits per heavy atom. The molecule has 154 valence electrons. The number of hydrogen-bond acceptors (Lipinski definition) is 9. The number of carbonyl (C=O) groups excluding carboxylic acids is 2. The molecule has 15 heteroatoms. The van der Waals surface area contributed by atoms with Crippen molar-refractivity contribution in [2.45, 2.75) is 17.1 Å². The topological polar surface area (TPSA) is 156 Å². The molecule has 0 spiro atoms. The lowest BCUT2D eigenvalue weighted by Gasteiger charge is -2.11. The molecule has 0 radical (unpaired) electrons. The number of rotatable bonds is 7. The number of hydrogen-bond donors (Lipinski definition) is 1. The van der Waals surface area contributed by atoms with E-state index in [1.807, 2.05) is 0 Å². The van der Waals surface area contributed by atoms with Gasteiger partial charge >= 0.3 is 6.18 Å². The Morgan fingerprint density at radius 1 is 1.24 bits per heavy atom. The van der Waals surface area contributed by atoms with Crippen LogP contribution in [0.3, 0.4) is 0 Å². The predicted octanol–water partition coefficient (Wildman–Crippen LogP) is 3.37. The molecule has 1 atom stereocenters. The fourth-order valence-corrected chi connectivity index (χ4v) is 3.29. The second-order valence-corrected chi connectivity index (χ2v) is 7.54. The van der Waals surface area contributed by atoms with Crippen LogP contribution in [0.5, 0.6) is 0 Å². The van der Waals surface area contributed by atoms with Crippen molar-refractivity contribution in [2.75, 3.05) is 0 Å². The Bertz CT molecular complexity index is 1100. The van der Waals surface area contributed by atoms with E-state index in [0.29, 0.717) is 12.1 Å².